The molecular weight excluding hydrogens is 154 g/mol. The van der Waals surface area contributed by atoms with Crippen LogP contribution in [0.1, 0.15) is 19.3 Å². The maximum Gasteiger partial charge on any atom is 0.0834 e. The third-order valence-corrected chi connectivity index (χ3v) is 2.30. The lowest BCUT2D eigenvalue weighted by atomic mass is 10.2. The van der Waals surface area contributed by atoms with E-state index < -0.39 is 0 Å². The number of nitrogens with two attached hydrogens (primary N) is 1. The average molecular weight is 169 g/mol. The van der Waals surface area contributed by atoms with Crippen molar-refractivity contribution in [2.75, 3.05) is 19.7 Å². The predicted octanol–water partition coefficient (Wildman–Crippen LogP) is 0.255. The Bertz CT molecular complexity index is 166. The summed E-state index contributed by atoms with van der Waals surface area (Å²) < 4.78 is 0. The second-order valence-electron chi connectivity index (χ2n) is 3.07. The van der Waals surface area contributed by atoms with Gasteiger partial charge in [0, 0.05) is 19.0 Å². The SMILES string of the molecule is N#CCCN1CCCC1CON. The number of likely N-dealkylation sites (tertiary alicyclic amines) is 1. The van der Waals surface area contributed by atoms with Crippen molar-refractivity contribution >= 4 is 0 Å². The first-order chi connectivity index (χ1) is 5.88. The molecule has 2 N–H and O–H groups in total. The molecule has 1 heterocycles. The summed E-state index contributed by atoms with van der Waals surface area (Å²) in [4.78, 5) is 6.89. The Balaban J connectivity index is 2.26. The van der Waals surface area contributed by atoms with Gasteiger partial charge >= 0.3 is 0 Å². The normalized spacial score (nSPS) is 24.2. The Hall–Kier alpha value is -0.630. The Kier molecular flexibility index (Phi) is 4.01. The number of hydrogen-bond acceptors (Lipinski definition) is 4. The van der Waals surface area contributed by atoms with Gasteiger partial charge in [-0.3, -0.25) is 4.90 Å². The van der Waals surface area contributed by atoms with Gasteiger partial charge in [-0.05, 0) is 19.4 Å². The van der Waals surface area contributed by atoms with Gasteiger partial charge in [-0.25, -0.2) is 5.90 Å². The Morgan fingerprint density at radius 2 is 2.50 bits per heavy atom. The maximum atomic E-state index is 8.41. The molecule has 0 radical (unpaired) electrons. The predicted molar refractivity (Wildman–Crippen MR) is 45.0 cm³/mol. The van der Waals surface area contributed by atoms with Gasteiger partial charge in [0.15, 0.2) is 0 Å². The van der Waals surface area contributed by atoms with Crippen molar-refractivity contribution in [3.63, 3.8) is 0 Å². The standard InChI is InChI=1S/C8H15N3O/c9-4-2-6-11-5-1-3-8(11)7-12-10/h8H,1-3,5-7,10H2. The van der Waals surface area contributed by atoms with Gasteiger partial charge in [0.2, 0.25) is 0 Å². The Morgan fingerprint density at radius 1 is 1.67 bits per heavy atom. The minimum atomic E-state index is 0.434. The van der Waals surface area contributed by atoms with Gasteiger partial charge < -0.3 is 4.84 Å². The molecule has 0 aromatic rings. The second kappa shape index (κ2) is 5.09. The van der Waals surface area contributed by atoms with Crippen molar-refractivity contribution in [1.29, 1.82) is 5.26 Å². The zero-order valence-corrected chi connectivity index (χ0v) is 7.20. The summed E-state index contributed by atoms with van der Waals surface area (Å²) in [5.74, 6) is 5.01. The number of nitriles is 1. The van der Waals surface area contributed by atoms with E-state index in [1.807, 2.05) is 0 Å². The summed E-state index contributed by atoms with van der Waals surface area (Å²) in [5, 5.41) is 8.41. The second-order valence-corrected chi connectivity index (χ2v) is 3.07. The minimum absolute atomic E-state index is 0.434. The highest BCUT2D eigenvalue weighted by molar-refractivity contribution is 4.81. The van der Waals surface area contributed by atoms with Crippen LogP contribution >= 0.6 is 0 Å². The molecule has 4 heteroatoms. The van der Waals surface area contributed by atoms with Gasteiger partial charge in [-0.1, -0.05) is 0 Å². The molecule has 1 aliphatic rings. The Labute approximate surface area is 72.8 Å². The van der Waals surface area contributed by atoms with Crippen LogP contribution < -0.4 is 5.90 Å². The quantitative estimate of drug-likeness (QED) is 0.613. The highest BCUT2D eigenvalue weighted by Crippen LogP contribution is 2.16. The fraction of sp³-hybridized carbons (Fsp3) is 0.875. The molecule has 1 unspecified atom stereocenters. The number of rotatable bonds is 4. The molecule has 0 spiro atoms. The minimum Gasteiger partial charge on any atom is -0.303 e. The van der Waals surface area contributed by atoms with Crippen LogP contribution in [0.15, 0.2) is 0 Å². The number of nitrogens with zero attached hydrogens (tertiary/aromatic N) is 2. The van der Waals surface area contributed by atoms with Crippen LogP contribution in [-0.2, 0) is 4.84 Å². The lowest BCUT2D eigenvalue weighted by molar-refractivity contribution is 0.0787. The molecule has 0 aliphatic carbocycles. The Morgan fingerprint density at radius 3 is 3.17 bits per heavy atom. The highest BCUT2D eigenvalue weighted by atomic mass is 16.6. The smallest absolute Gasteiger partial charge is 0.0834 e. The largest absolute Gasteiger partial charge is 0.303 e. The summed E-state index contributed by atoms with van der Waals surface area (Å²) in [7, 11) is 0. The summed E-state index contributed by atoms with van der Waals surface area (Å²) in [5.41, 5.74) is 0. The van der Waals surface area contributed by atoms with E-state index in [1.54, 1.807) is 0 Å². The van der Waals surface area contributed by atoms with E-state index in [0.717, 1.165) is 19.5 Å². The van der Waals surface area contributed by atoms with E-state index in [1.165, 1.54) is 6.42 Å². The summed E-state index contributed by atoms with van der Waals surface area (Å²) in [6, 6.07) is 2.58. The molecule has 0 amide bonds. The van der Waals surface area contributed by atoms with E-state index >= 15 is 0 Å². The molecular formula is C8H15N3O. The van der Waals surface area contributed by atoms with Crippen molar-refractivity contribution in [2.24, 2.45) is 5.90 Å². The number of hydrogen-bond donors (Lipinski definition) is 1. The summed E-state index contributed by atoms with van der Waals surface area (Å²) >= 11 is 0. The van der Waals surface area contributed by atoms with Crippen LogP contribution in [0.25, 0.3) is 0 Å². The van der Waals surface area contributed by atoms with E-state index in [4.69, 9.17) is 11.2 Å². The van der Waals surface area contributed by atoms with Crippen molar-refractivity contribution in [1.82, 2.24) is 4.90 Å². The van der Waals surface area contributed by atoms with Crippen LogP contribution in [0.3, 0.4) is 0 Å². The van der Waals surface area contributed by atoms with Crippen molar-refractivity contribution in [3.05, 3.63) is 0 Å². The van der Waals surface area contributed by atoms with Gasteiger partial charge in [-0.15, -0.1) is 0 Å². The average Bonchev–Trinajstić information content (AvgIpc) is 2.50. The molecule has 1 rings (SSSR count). The molecule has 12 heavy (non-hydrogen) atoms. The summed E-state index contributed by atoms with van der Waals surface area (Å²) in [6.45, 7) is 2.52. The van der Waals surface area contributed by atoms with E-state index in [9.17, 15) is 0 Å². The first-order valence-corrected chi connectivity index (χ1v) is 4.31. The van der Waals surface area contributed by atoms with E-state index in [2.05, 4.69) is 15.8 Å². The molecule has 1 atom stereocenters. The zero-order valence-electron chi connectivity index (χ0n) is 7.20. The monoisotopic (exact) mass is 169 g/mol. The van der Waals surface area contributed by atoms with Gasteiger partial charge in [0.1, 0.15) is 0 Å². The van der Waals surface area contributed by atoms with Crippen molar-refractivity contribution in [2.45, 2.75) is 25.3 Å². The molecule has 0 aromatic carbocycles. The molecule has 0 bridgehead atoms. The fourth-order valence-electron chi connectivity index (χ4n) is 1.68. The van der Waals surface area contributed by atoms with Crippen molar-refractivity contribution < 1.29 is 4.84 Å². The van der Waals surface area contributed by atoms with Crippen LogP contribution in [-0.4, -0.2) is 30.6 Å². The van der Waals surface area contributed by atoms with E-state index in [0.29, 0.717) is 19.1 Å². The van der Waals surface area contributed by atoms with Crippen molar-refractivity contribution in [3.8, 4) is 6.07 Å². The first kappa shape index (κ1) is 9.46. The lowest BCUT2D eigenvalue weighted by Crippen LogP contribution is -2.34. The molecule has 1 saturated heterocycles. The van der Waals surface area contributed by atoms with Crippen LogP contribution in [0.2, 0.25) is 0 Å². The first-order valence-electron chi connectivity index (χ1n) is 4.31. The van der Waals surface area contributed by atoms with Crippen LogP contribution in [0.5, 0.6) is 0 Å². The fourth-order valence-corrected chi connectivity index (χ4v) is 1.68. The molecule has 0 aromatic heterocycles. The topological polar surface area (TPSA) is 62.3 Å². The maximum absolute atomic E-state index is 8.41. The zero-order chi connectivity index (χ0) is 8.81. The summed E-state index contributed by atoms with van der Waals surface area (Å²) in [6.07, 6.45) is 2.93. The van der Waals surface area contributed by atoms with Crippen LogP contribution in [0.4, 0.5) is 0 Å². The third-order valence-electron chi connectivity index (χ3n) is 2.30. The molecule has 68 valence electrons. The molecule has 4 nitrogen and oxygen atoms in total. The third kappa shape index (κ3) is 2.45. The molecule has 0 saturated carbocycles. The highest BCUT2D eigenvalue weighted by Gasteiger charge is 2.23. The van der Waals surface area contributed by atoms with Gasteiger partial charge in [-0.2, -0.15) is 5.26 Å². The molecule has 1 fully saturated rings. The van der Waals surface area contributed by atoms with Gasteiger partial charge in [0.05, 0.1) is 12.7 Å². The van der Waals surface area contributed by atoms with Gasteiger partial charge in [0.25, 0.3) is 0 Å². The van der Waals surface area contributed by atoms with Crippen LogP contribution in [0, 0.1) is 11.3 Å². The van der Waals surface area contributed by atoms with E-state index in [-0.39, 0.29) is 0 Å². The molecule has 1 aliphatic heterocycles. The lowest BCUT2D eigenvalue weighted by Gasteiger charge is -2.21.